The fraction of sp³-hybridized carbons (Fsp3) is 0.333. The highest BCUT2D eigenvalue weighted by Gasteiger charge is 2.64. The molecule has 0 bridgehead atoms. The monoisotopic (exact) mass is 561 g/mol. The van der Waals surface area contributed by atoms with Crippen molar-refractivity contribution < 1.29 is 39.6 Å². The summed E-state index contributed by atoms with van der Waals surface area (Å²) in [4.78, 5) is 54.1. The number of ketones is 2. The smallest absolute Gasteiger partial charge is 0.255 e. The second-order valence-electron chi connectivity index (χ2n) is 11.2. The summed E-state index contributed by atoms with van der Waals surface area (Å²) >= 11 is 0. The largest absolute Gasteiger partial charge is 0.508 e. The van der Waals surface area contributed by atoms with Gasteiger partial charge in [0.1, 0.15) is 29.1 Å². The first-order valence-corrected chi connectivity index (χ1v) is 13.0. The number of aliphatic hydroxyl groups excluding tert-OH is 2. The van der Waals surface area contributed by atoms with E-state index in [1.54, 1.807) is 63.4 Å². The van der Waals surface area contributed by atoms with Gasteiger partial charge in [0, 0.05) is 42.4 Å². The lowest BCUT2D eigenvalue weighted by Crippen LogP contribution is -2.65. The molecule has 5 rings (SSSR count). The molecule has 41 heavy (non-hydrogen) atoms. The van der Waals surface area contributed by atoms with Gasteiger partial charge in [0.15, 0.2) is 11.4 Å². The van der Waals surface area contributed by atoms with Crippen LogP contribution in [0.15, 0.2) is 47.2 Å². The van der Waals surface area contributed by atoms with Gasteiger partial charge < -0.3 is 31.1 Å². The van der Waals surface area contributed by atoms with Gasteiger partial charge in [-0.2, -0.15) is 0 Å². The molecule has 3 aliphatic carbocycles. The molecule has 1 amide bonds. The van der Waals surface area contributed by atoms with E-state index < -0.39 is 58.0 Å². The van der Waals surface area contributed by atoms with Gasteiger partial charge in [0.05, 0.1) is 11.6 Å². The van der Waals surface area contributed by atoms with Crippen molar-refractivity contribution in [3.8, 4) is 16.9 Å². The number of nitrogens with two attached hydrogens (primary N) is 1. The Kier molecular flexibility index (Phi) is 6.55. The third kappa shape index (κ3) is 3.87. The van der Waals surface area contributed by atoms with E-state index >= 15 is 0 Å². The van der Waals surface area contributed by atoms with E-state index in [1.165, 1.54) is 4.90 Å². The number of likely N-dealkylation sites (N-methyl/N-ethyl adjacent to an activating group) is 1. The second-order valence-corrected chi connectivity index (χ2v) is 11.2. The number of aromatic hydroxyl groups is 1. The Labute approximate surface area is 235 Å². The first kappa shape index (κ1) is 28.1. The van der Waals surface area contributed by atoms with Gasteiger partial charge in [0.2, 0.25) is 5.78 Å². The van der Waals surface area contributed by atoms with Crippen molar-refractivity contribution in [2.75, 3.05) is 33.1 Å². The Morgan fingerprint density at radius 1 is 1.10 bits per heavy atom. The lowest BCUT2D eigenvalue weighted by atomic mass is 9.57. The average Bonchev–Trinajstić information content (AvgIpc) is 2.90. The third-order valence-corrected chi connectivity index (χ3v) is 8.51. The summed E-state index contributed by atoms with van der Waals surface area (Å²) in [5, 5.41) is 45.9. The fourth-order valence-electron chi connectivity index (χ4n) is 6.69. The van der Waals surface area contributed by atoms with Crippen molar-refractivity contribution in [3.63, 3.8) is 0 Å². The maximum Gasteiger partial charge on any atom is 0.255 e. The van der Waals surface area contributed by atoms with E-state index in [2.05, 4.69) is 0 Å². The number of benzene rings is 2. The van der Waals surface area contributed by atoms with Crippen LogP contribution in [0, 0.1) is 11.8 Å². The van der Waals surface area contributed by atoms with E-state index in [9.17, 15) is 39.6 Å². The fourth-order valence-corrected chi connectivity index (χ4v) is 6.69. The third-order valence-electron chi connectivity index (χ3n) is 8.51. The number of amides is 1. The quantitative estimate of drug-likeness (QED) is 0.265. The van der Waals surface area contributed by atoms with Crippen LogP contribution < -0.4 is 10.6 Å². The zero-order valence-corrected chi connectivity index (χ0v) is 23.0. The van der Waals surface area contributed by atoms with Crippen LogP contribution in [0.3, 0.4) is 0 Å². The molecule has 2 aromatic rings. The number of carbonyl (C=O) groups is 4. The molecule has 0 heterocycles. The molecule has 0 spiro atoms. The number of aliphatic hydroxyl groups is 3. The zero-order chi connectivity index (χ0) is 30.1. The number of anilines is 1. The van der Waals surface area contributed by atoms with Crippen LogP contribution in [0.4, 0.5) is 5.69 Å². The molecule has 0 saturated heterocycles. The standard InChI is InChI=1S/C30H31N3O8/c1-32(2)19-11-16(14-7-5-6-13(8-14)12-34)24(35)21-17(19)9-15-10-18-23(33(3)4)26(37)22(29(31)40)28(39)30(18,41)27(38)20(15)25(21)36/h5-8,11-12,15,18,23,35-36,39,41H,9-10H2,1-4H3,(H2,31,40)/t15-,18-,23-,30-/m0/s1. The van der Waals surface area contributed by atoms with Crippen LogP contribution in [0.2, 0.25) is 0 Å². The second kappa shape index (κ2) is 9.57. The molecule has 1 fully saturated rings. The molecule has 0 unspecified atom stereocenters. The zero-order valence-electron chi connectivity index (χ0n) is 23.0. The average molecular weight is 562 g/mol. The number of fused-ring (bicyclic) bond motifs is 3. The lowest BCUT2D eigenvalue weighted by Gasteiger charge is -2.50. The molecule has 0 aliphatic heterocycles. The van der Waals surface area contributed by atoms with Crippen molar-refractivity contribution >= 4 is 35.2 Å². The number of primary amides is 1. The van der Waals surface area contributed by atoms with E-state index in [0.717, 1.165) is 0 Å². The van der Waals surface area contributed by atoms with Crippen LogP contribution in [0.25, 0.3) is 16.9 Å². The number of Topliss-reactive ketones (excluding diaryl/α,β-unsaturated/α-hetero) is 2. The van der Waals surface area contributed by atoms with Crippen LogP contribution in [0.5, 0.6) is 5.75 Å². The molecule has 4 atom stereocenters. The van der Waals surface area contributed by atoms with Gasteiger partial charge in [-0.25, -0.2) is 0 Å². The number of phenols is 1. The molecule has 6 N–H and O–H groups in total. The maximum atomic E-state index is 14.1. The van der Waals surface area contributed by atoms with E-state index in [0.29, 0.717) is 34.2 Å². The van der Waals surface area contributed by atoms with Crippen molar-refractivity contribution in [2.24, 2.45) is 17.6 Å². The summed E-state index contributed by atoms with van der Waals surface area (Å²) in [5.41, 5.74) is 3.94. The molecule has 1 saturated carbocycles. The molecule has 3 aliphatic rings. The van der Waals surface area contributed by atoms with Crippen molar-refractivity contribution in [2.45, 2.75) is 24.5 Å². The molecular formula is C30H31N3O8. The highest BCUT2D eigenvalue weighted by Crippen LogP contribution is 2.54. The normalized spacial score (nSPS) is 25.6. The minimum atomic E-state index is -2.71. The highest BCUT2D eigenvalue weighted by molar-refractivity contribution is 6.24. The molecule has 11 nitrogen and oxygen atoms in total. The molecule has 0 radical (unpaired) electrons. The van der Waals surface area contributed by atoms with Gasteiger partial charge in [-0.1, -0.05) is 18.2 Å². The van der Waals surface area contributed by atoms with Gasteiger partial charge >= 0.3 is 0 Å². The summed E-state index contributed by atoms with van der Waals surface area (Å²) in [6.45, 7) is 0. The first-order valence-electron chi connectivity index (χ1n) is 13.0. The topological polar surface area (TPSA) is 182 Å². The Balaban J connectivity index is 1.78. The number of hydrogen-bond donors (Lipinski definition) is 5. The van der Waals surface area contributed by atoms with Crippen molar-refractivity contribution in [1.29, 1.82) is 0 Å². The SMILES string of the molecule is CN(C)c1cc(-c2cccc(C=O)c2)c(O)c2c1C[C@H]1C[C@H]3[C@H](N(C)C)C(=O)C(C(N)=O)=C(O)[C@@]3(O)C(=O)C1=C2O. The Morgan fingerprint density at radius 3 is 2.37 bits per heavy atom. The molecule has 0 aromatic heterocycles. The molecule has 2 aromatic carbocycles. The number of phenolic OH excluding ortho intramolecular Hbond substituents is 1. The highest BCUT2D eigenvalue weighted by atomic mass is 16.3. The van der Waals surface area contributed by atoms with E-state index in [-0.39, 0.29) is 29.7 Å². The van der Waals surface area contributed by atoms with Crippen LogP contribution in [0.1, 0.15) is 27.9 Å². The number of hydrogen-bond acceptors (Lipinski definition) is 10. The molecule has 214 valence electrons. The minimum absolute atomic E-state index is 0.00250. The van der Waals surface area contributed by atoms with Gasteiger partial charge in [-0.15, -0.1) is 0 Å². The van der Waals surface area contributed by atoms with Gasteiger partial charge in [-0.3, -0.25) is 24.1 Å². The number of aldehydes is 1. The Bertz CT molecular complexity index is 1600. The van der Waals surface area contributed by atoms with E-state index in [4.69, 9.17) is 5.73 Å². The Hall–Kier alpha value is -4.48. The number of carbonyl (C=O) groups excluding carboxylic acids is 4. The van der Waals surface area contributed by atoms with Crippen LogP contribution in [-0.4, -0.2) is 88.9 Å². The lowest BCUT2D eigenvalue weighted by molar-refractivity contribution is -0.153. The molecule has 11 heteroatoms. The van der Waals surface area contributed by atoms with Gasteiger partial charge in [-0.05, 0) is 56.1 Å². The maximum absolute atomic E-state index is 14.1. The van der Waals surface area contributed by atoms with Gasteiger partial charge in [0.25, 0.3) is 5.91 Å². The van der Waals surface area contributed by atoms with Crippen molar-refractivity contribution in [3.05, 3.63) is 63.9 Å². The Morgan fingerprint density at radius 2 is 1.78 bits per heavy atom. The van der Waals surface area contributed by atoms with Crippen molar-refractivity contribution in [1.82, 2.24) is 4.90 Å². The predicted molar refractivity (Wildman–Crippen MR) is 149 cm³/mol. The molecular weight excluding hydrogens is 530 g/mol. The predicted octanol–water partition coefficient (Wildman–Crippen LogP) is 1.51. The summed E-state index contributed by atoms with van der Waals surface area (Å²) in [6.07, 6.45) is 0.844. The number of rotatable bonds is 5. The van der Waals surface area contributed by atoms with Crippen LogP contribution in [-0.2, 0) is 20.8 Å². The summed E-state index contributed by atoms with van der Waals surface area (Å²) in [7, 11) is 6.68. The van der Waals surface area contributed by atoms with Crippen LogP contribution >= 0.6 is 0 Å². The summed E-state index contributed by atoms with van der Waals surface area (Å²) < 4.78 is 0. The van der Waals surface area contributed by atoms with E-state index in [1.807, 2.05) is 0 Å². The number of nitrogens with zero attached hydrogens (tertiary/aromatic N) is 2. The summed E-state index contributed by atoms with van der Waals surface area (Å²) in [6, 6.07) is 7.12. The first-order chi connectivity index (χ1) is 19.2. The minimum Gasteiger partial charge on any atom is -0.508 e. The summed E-state index contributed by atoms with van der Waals surface area (Å²) in [5.74, 6) is -7.03.